The topological polar surface area (TPSA) is 78.3 Å². The third-order valence-corrected chi connectivity index (χ3v) is 5.57. The Labute approximate surface area is 158 Å². The van der Waals surface area contributed by atoms with E-state index < -0.39 is 11.4 Å². The second-order valence-corrected chi connectivity index (χ2v) is 7.94. The van der Waals surface area contributed by atoms with Crippen molar-refractivity contribution in [2.45, 2.75) is 57.1 Å². The molecule has 1 aromatic carbocycles. The molecule has 0 bridgehead atoms. The van der Waals surface area contributed by atoms with Crippen LogP contribution in [0.1, 0.15) is 49.3 Å². The minimum Gasteiger partial charge on any atom is -0.507 e. The van der Waals surface area contributed by atoms with E-state index in [-0.39, 0.29) is 17.4 Å². The monoisotopic (exact) mass is 369 g/mol. The number of aromatic nitrogens is 2. The first-order chi connectivity index (χ1) is 12.8. The molecule has 2 aromatic rings. The Hall–Kier alpha value is -2.47. The standard InChI is InChI=1S/C21H24FN3O2/c1-12(22)13-7-8-17(18(26)9-13)19-15-5-3-4-6-16(15)20(25-24-19)23-14-10-21(2,27)11-14/h7-9,14,26-27H,1,3-6,10-11H2,2H3,(H,23,25). The highest BCUT2D eigenvalue weighted by atomic mass is 19.1. The van der Waals surface area contributed by atoms with Gasteiger partial charge in [0.2, 0.25) is 0 Å². The van der Waals surface area contributed by atoms with Gasteiger partial charge in [-0.15, -0.1) is 10.2 Å². The van der Waals surface area contributed by atoms with E-state index in [4.69, 9.17) is 0 Å². The first kappa shape index (κ1) is 17.9. The van der Waals surface area contributed by atoms with Gasteiger partial charge in [-0.1, -0.05) is 12.6 Å². The molecule has 0 spiro atoms. The lowest BCUT2D eigenvalue weighted by Gasteiger charge is -2.41. The van der Waals surface area contributed by atoms with Gasteiger partial charge in [-0.3, -0.25) is 0 Å². The van der Waals surface area contributed by atoms with Gasteiger partial charge < -0.3 is 15.5 Å². The molecule has 5 nitrogen and oxygen atoms in total. The lowest BCUT2D eigenvalue weighted by atomic mass is 9.77. The van der Waals surface area contributed by atoms with Gasteiger partial charge in [0.1, 0.15) is 17.3 Å². The first-order valence-electron chi connectivity index (χ1n) is 9.39. The summed E-state index contributed by atoms with van der Waals surface area (Å²) in [5, 5.41) is 32.6. The fraction of sp³-hybridized carbons (Fsp3) is 0.429. The first-order valence-corrected chi connectivity index (χ1v) is 9.39. The van der Waals surface area contributed by atoms with Gasteiger partial charge in [0.05, 0.1) is 5.60 Å². The van der Waals surface area contributed by atoms with Crippen LogP contribution in [0.5, 0.6) is 5.75 Å². The molecule has 2 aliphatic rings. The quantitative estimate of drug-likeness (QED) is 0.759. The molecule has 142 valence electrons. The molecule has 1 fully saturated rings. The van der Waals surface area contributed by atoms with Crippen LogP contribution >= 0.6 is 0 Å². The van der Waals surface area contributed by atoms with Crippen molar-refractivity contribution < 1.29 is 14.6 Å². The van der Waals surface area contributed by atoms with E-state index in [1.807, 2.05) is 6.92 Å². The molecule has 3 N–H and O–H groups in total. The lowest BCUT2D eigenvalue weighted by Crippen LogP contribution is -2.48. The number of hydrogen-bond donors (Lipinski definition) is 3. The van der Waals surface area contributed by atoms with Crippen molar-refractivity contribution in [1.29, 1.82) is 0 Å². The van der Waals surface area contributed by atoms with Crippen molar-refractivity contribution in [3.63, 3.8) is 0 Å². The van der Waals surface area contributed by atoms with Gasteiger partial charge in [0, 0.05) is 22.7 Å². The number of nitrogens with one attached hydrogen (secondary N) is 1. The zero-order chi connectivity index (χ0) is 19.2. The Kier molecular flexibility index (Phi) is 4.38. The molecule has 4 rings (SSSR count). The van der Waals surface area contributed by atoms with Gasteiger partial charge in [-0.25, -0.2) is 4.39 Å². The number of nitrogens with zero attached hydrogens (tertiary/aromatic N) is 2. The van der Waals surface area contributed by atoms with Crippen molar-refractivity contribution in [2.24, 2.45) is 0 Å². The van der Waals surface area contributed by atoms with Crippen molar-refractivity contribution >= 4 is 11.6 Å². The number of aliphatic hydroxyl groups is 1. The number of phenols is 1. The van der Waals surface area contributed by atoms with Gasteiger partial charge in [-0.05, 0) is 63.1 Å². The molecule has 0 atom stereocenters. The minimum absolute atomic E-state index is 0.0240. The van der Waals surface area contributed by atoms with Crippen LogP contribution in [-0.2, 0) is 12.8 Å². The highest BCUT2D eigenvalue weighted by Gasteiger charge is 2.39. The second kappa shape index (κ2) is 6.60. The summed E-state index contributed by atoms with van der Waals surface area (Å²) in [4.78, 5) is 0. The fourth-order valence-electron chi connectivity index (χ4n) is 4.18. The van der Waals surface area contributed by atoms with Crippen molar-refractivity contribution in [3.05, 3.63) is 41.5 Å². The molecule has 0 saturated heterocycles. The SMILES string of the molecule is C=C(F)c1ccc(-c2nnc(NC3CC(C)(O)C3)c3c2CCCC3)c(O)c1. The van der Waals surface area contributed by atoms with E-state index in [1.54, 1.807) is 12.1 Å². The summed E-state index contributed by atoms with van der Waals surface area (Å²) in [5.74, 6) is 0.173. The van der Waals surface area contributed by atoms with E-state index in [2.05, 4.69) is 22.1 Å². The maximum absolute atomic E-state index is 13.3. The normalized spacial score (nSPS) is 24.0. The van der Waals surface area contributed by atoms with Gasteiger partial charge in [0.15, 0.2) is 5.82 Å². The van der Waals surface area contributed by atoms with E-state index >= 15 is 0 Å². The van der Waals surface area contributed by atoms with Crippen LogP contribution in [0.2, 0.25) is 0 Å². The Morgan fingerprint density at radius 3 is 2.56 bits per heavy atom. The molecule has 1 saturated carbocycles. The predicted molar refractivity (Wildman–Crippen MR) is 103 cm³/mol. The summed E-state index contributed by atoms with van der Waals surface area (Å²) >= 11 is 0. The Morgan fingerprint density at radius 2 is 1.93 bits per heavy atom. The molecule has 2 aliphatic carbocycles. The van der Waals surface area contributed by atoms with Crippen LogP contribution in [0.25, 0.3) is 17.1 Å². The minimum atomic E-state index is -0.598. The van der Waals surface area contributed by atoms with Crippen LogP contribution in [-0.4, -0.2) is 32.1 Å². The zero-order valence-corrected chi connectivity index (χ0v) is 15.4. The number of phenolic OH excluding ortho intramolecular Hbond substituents is 1. The summed E-state index contributed by atoms with van der Waals surface area (Å²) in [7, 11) is 0. The van der Waals surface area contributed by atoms with Gasteiger partial charge in [0.25, 0.3) is 0 Å². The smallest absolute Gasteiger partial charge is 0.152 e. The average Bonchev–Trinajstić information content (AvgIpc) is 2.60. The number of aromatic hydroxyl groups is 1. The van der Waals surface area contributed by atoms with Gasteiger partial charge >= 0.3 is 0 Å². The summed E-state index contributed by atoms with van der Waals surface area (Å²) in [6.07, 6.45) is 5.31. The number of halogens is 1. The van der Waals surface area contributed by atoms with Crippen molar-refractivity contribution in [1.82, 2.24) is 10.2 Å². The highest BCUT2D eigenvalue weighted by molar-refractivity contribution is 5.75. The molecule has 0 radical (unpaired) electrons. The molecule has 27 heavy (non-hydrogen) atoms. The van der Waals surface area contributed by atoms with E-state index in [9.17, 15) is 14.6 Å². The maximum Gasteiger partial charge on any atom is 0.152 e. The van der Waals surface area contributed by atoms with Crippen LogP contribution in [0, 0.1) is 0 Å². The molecule has 0 amide bonds. The molecular weight excluding hydrogens is 345 g/mol. The molecule has 1 aromatic heterocycles. The average molecular weight is 369 g/mol. The highest BCUT2D eigenvalue weighted by Crippen LogP contribution is 2.39. The fourth-order valence-corrected chi connectivity index (χ4v) is 4.18. The molecule has 0 aliphatic heterocycles. The summed E-state index contributed by atoms with van der Waals surface area (Å²) < 4.78 is 13.3. The molecule has 0 unspecified atom stereocenters. The van der Waals surface area contributed by atoms with E-state index in [0.29, 0.717) is 24.1 Å². The summed E-state index contributed by atoms with van der Waals surface area (Å²) in [5.41, 5.74) is 3.10. The molecular formula is C21H24FN3O2. The predicted octanol–water partition coefficient (Wildman–Crippen LogP) is 3.99. The Bertz CT molecular complexity index is 903. The largest absolute Gasteiger partial charge is 0.507 e. The lowest BCUT2D eigenvalue weighted by molar-refractivity contribution is -0.0235. The second-order valence-electron chi connectivity index (χ2n) is 7.94. The van der Waals surface area contributed by atoms with Crippen LogP contribution < -0.4 is 5.32 Å². The van der Waals surface area contributed by atoms with Crippen molar-refractivity contribution in [3.8, 4) is 17.0 Å². The summed E-state index contributed by atoms with van der Waals surface area (Å²) in [6.45, 7) is 5.11. The number of fused-ring (bicyclic) bond motifs is 1. The number of benzene rings is 1. The third kappa shape index (κ3) is 3.41. The van der Waals surface area contributed by atoms with E-state index in [0.717, 1.165) is 42.6 Å². The van der Waals surface area contributed by atoms with Crippen LogP contribution in [0.4, 0.5) is 10.2 Å². The number of hydrogen-bond acceptors (Lipinski definition) is 5. The molecule has 1 heterocycles. The third-order valence-electron chi connectivity index (χ3n) is 5.57. The summed E-state index contributed by atoms with van der Waals surface area (Å²) in [6, 6.07) is 4.84. The van der Waals surface area contributed by atoms with Crippen molar-refractivity contribution in [2.75, 3.05) is 5.32 Å². The Morgan fingerprint density at radius 1 is 1.22 bits per heavy atom. The zero-order valence-electron chi connectivity index (χ0n) is 15.4. The number of rotatable bonds is 4. The molecule has 6 heteroatoms. The van der Waals surface area contributed by atoms with Crippen LogP contribution in [0.3, 0.4) is 0 Å². The van der Waals surface area contributed by atoms with Gasteiger partial charge in [-0.2, -0.15) is 0 Å². The number of anilines is 1. The maximum atomic E-state index is 13.3. The van der Waals surface area contributed by atoms with Crippen LogP contribution in [0.15, 0.2) is 24.8 Å². The van der Waals surface area contributed by atoms with E-state index in [1.165, 1.54) is 6.07 Å². The Balaban J connectivity index is 1.70.